The minimum atomic E-state index is -3.17. The highest BCUT2D eigenvalue weighted by Gasteiger charge is 2.21. The van der Waals surface area contributed by atoms with Gasteiger partial charge < -0.3 is 15.1 Å². The third-order valence-electron chi connectivity index (χ3n) is 4.79. The van der Waals surface area contributed by atoms with E-state index in [1.54, 1.807) is 19.2 Å². The van der Waals surface area contributed by atoms with Gasteiger partial charge in [0, 0.05) is 46.0 Å². The van der Waals surface area contributed by atoms with E-state index >= 15 is 0 Å². The summed E-state index contributed by atoms with van der Waals surface area (Å²) in [6.45, 7) is 4.01. The van der Waals surface area contributed by atoms with E-state index in [1.165, 1.54) is 6.26 Å². The fraction of sp³-hybridized carbons (Fsp3) is 0.350. The maximum atomic E-state index is 11.6. The van der Waals surface area contributed by atoms with Crippen molar-refractivity contribution in [2.75, 3.05) is 44.4 Å². The summed E-state index contributed by atoms with van der Waals surface area (Å²) < 4.78 is 23.1. The number of para-hydroxylation sites is 1. The fourth-order valence-corrected chi connectivity index (χ4v) is 4.12. The lowest BCUT2D eigenvalue weighted by Gasteiger charge is -2.38. The van der Waals surface area contributed by atoms with Crippen LogP contribution in [0.15, 0.2) is 58.4 Å². The van der Waals surface area contributed by atoms with Crippen molar-refractivity contribution >= 4 is 57.1 Å². The number of benzene rings is 2. The average Bonchev–Trinajstić information content (AvgIpc) is 2.69. The third kappa shape index (κ3) is 6.23. The van der Waals surface area contributed by atoms with Crippen molar-refractivity contribution in [2.45, 2.75) is 11.4 Å². The maximum absolute atomic E-state index is 11.6. The Morgan fingerprint density at radius 3 is 2.24 bits per heavy atom. The number of nitrogens with zero attached hydrogens (tertiary/aromatic N) is 3. The number of sulfone groups is 1. The largest absolute Gasteiger partial charge is 0.367 e. The molecule has 1 aliphatic heterocycles. The molecule has 0 radical (unpaired) electrons. The predicted octanol–water partition coefficient (Wildman–Crippen LogP) is 3.26. The molecule has 0 atom stereocenters. The van der Waals surface area contributed by atoms with Crippen molar-refractivity contribution in [3.05, 3.63) is 59.1 Å². The Kier molecular flexibility index (Phi) is 8.59. The summed E-state index contributed by atoms with van der Waals surface area (Å²) in [4.78, 5) is 9.23. The van der Waals surface area contributed by atoms with E-state index in [2.05, 4.69) is 20.1 Å². The quantitative estimate of drug-likeness (QED) is 0.361. The molecule has 9 heteroatoms. The molecular formula is C20H26ClIN4O2S. The summed E-state index contributed by atoms with van der Waals surface area (Å²) in [5, 5.41) is 4.14. The van der Waals surface area contributed by atoms with Gasteiger partial charge in [0.05, 0.1) is 15.6 Å². The van der Waals surface area contributed by atoms with Crippen molar-refractivity contribution in [3.63, 3.8) is 0 Å². The minimum absolute atomic E-state index is 0. The van der Waals surface area contributed by atoms with Gasteiger partial charge in [0.2, 0.25) is 0 Å². The van der Waals surface area contributed by atoms with E-state index in [0.717, 1.165) is 48.4 Å². The molecule has 158 valence electrons. The number of nitrogens with one attached hydrogen (secondary N) is 1. The van der Waals surface area contributed by atoms with Gasteiger partial charge in [-0.05, 0) is 29.8 Å². The number of anilines is 1. The van der Waals surface area contributed by atoms with Crippen molar-refractivity contribution in [2.24, 2.45) is 4.99 Å². The van der Waals surface area contributed by atoms with E-state index in [1.807, 2.05) is 36.4 Å². The van der Waals surface area contributed by atoms with Crippen LogP contribution in [-0.2, 0) is 16.4 Å². The zero-order valence-electron chi connectivity index (χ0n) is 16.5. The van der Waals surface area contributed by atoms with E-state index in [9.17, 15) is 8.42 Å². The molecule has 29 heavy (non-hydrogen) atoms. The van der Waals surface area contributed by atoms with Crippen LogP contribution in [0.5, 0.6) is 0 Å². The second-order valence-electron chi connectivity index (χ2n) is 6.74. The van der Waals surface area contributed by atoms with Gasteiger partial charge >= 0.3 is 0 Å². The van der Waals surface area contributed by atoms with Crippen LogP contribution in [0.4, 0.5) is 5.69 Å². The lowest BCUT2D eigenvalue weighted by atomic mass is 10.2. The first kappa shape index (κ1) is 23.8. The molecule has 1 heterocycles. The average molecular weight is 549 g/mol. The summed E-state index contributed by atoms with van der Waals surface area (Å²) in [6.07, 6.45) is 1.21. The number of rotatable bonds is 4. The number of halogens is 2. The van der Waals surface area contributed by atoms with Crippen molar-refractivity contribution in [1.82, 2.24) is 10.2 Å². The van der Waals surface area contributed by atoms with Gasteiger partial charge in [-0.15, -0.1) is 24.0 Å². The zero-order chi connectivity index (χ0) is 20.1. The molecule has 0 unspecified atom stereocenters. The predicted molar refractivity (Wildman–Crippen MR) is 130 cm³/mol. The number of hydrogen-bond donors (Lipinski definition) is 1. The highest BCUT2D eigenvalue weighted by atomic mass is 127. The molecule has 1 aliphatic rings. The number of aliphatic imine (C=N–C) groups is 1. The Bertz CT molecular complexity index is 943. The first-order valence-electron chi connectivity index (χ1n) is 9.12. The summed E-state index contributed by atoms with van der Waals surface area (Å²) in [7, 11) is -1.40. The van der Waals surface area contributed by atoms with E-state index in [4.69, 9.17) is 11.6 Å². The van der Waals surface area contributed by atoms with Gasteiger partial charge in [-0.2, -0.15) is 0 Å². The Hall–Kier alpha value is -1.52. The van der Waals surface area contributed by atoms with Crippen LogP contribution in [0.1, 0.15) is 5.56 Å². The zero-order valence-corrected chi connectivity index (χ0v) is 20.4. The Labute approximate surface area is 194 Å². The molecule has 0 amide bonds. The summed E-state index contributed by atoms with van der Waals surface area (Å²) in [6, 6.07) is 14.8. The molecular weight excluding hydrogens is 523 g/mol. The Balaban J connectivity index is 0.00000300. The number of hydrogen-bond acceptors (Lipinski definition) is 4. The molecule has 6 nitrogen and oxygen atoms in total. The van der Waals surface area contributed by atoms with Crippen molar-refractivity contribution in [3.8, 4) is 0 Å². The molecule has 2 aromatic carbocycles. The van der Waals surface area contributed by atoms with Crippen LogP contribution in [0.2, 0.25) is 5.02 Å². The molecule has 1 fully saturated rings. The van der Waals surface area contributed by atoms with Crippen LogP contribution in [0.3, 0.4) is 0 Å². The maximum Gasteiger partial charge on any atom is 0.194 e. The van der Waals surface area contributed by atoms with Gasteiger partial charge in [-0.1, -0.05) is 35.9 Å². The smallest absolute Gasteiger partial charge is 0.194 e. The molecule has 1 saturated heterocycles. The third-order valence-corrected chi connectivity index (χ3v) is 6.23. The monoisotopic (exact) mass is 548 g/mol. The first-order chi connectivity index (χ1) is 13.4. The Morgan fingerprint density at radius 2 is 1.69 bits per heavy atom. The molecule has 3 rings (SSSR count). The highest BCUT2D eigenvalue weighted by molar-refractivity contribution is 14.0. The van der Waals surface area contributed by atoms with E-state index < -0.39 is 9.84 Å². The SMILES string of the molecule is CN=C(NCc1ccc(S(C)(=O)=O)cc1)N1CCN(c2ccccc2Cl)CC1.I. The first-order valence-corrected chi connectivity index (χ1v) is 11.4. The molecule has 0 saturated carbocycles. The molecule has 0 spiro atoms. The van der Waals surface area contributed by atoms with Gasteiger partial charge in [0.15, 0.2) is 15.8 Å². The number of piperazine rings is 1. The van der Waals surface area contributed by atoms with E-state index in [-0.39, 0.29) is 24.0 Å². The van der Waals surface area contributed by atoms with Crippen molar-refractivity contribution < 1.29 is 8.42 Å². The Morgan fingerprint density at radius 1 is 1.07 bits per heavy atom. The van der Waals surface area contributed by atoms with Gasteiger partial charge in [-0.3, -0.25) is 4.99 Å². The van der Waals surface area contributed by atoms with Gasteiger partial charge in [0.1, 0.15) is 0 Å². The minimum Gasteiger partial charge on any atom is -0.367 e. The summed E-state index contributed by atoms with van der Waals surface area (Å²) in [5.41, 5.74) is 2.07. The van der Waals surface area contributed by atoms with Crippen LogP contribution < -0.4 is 10.2 Å². The molecule has 1 N–H and O–H groups in total. The summed E-state index contributed by atoms with van der Waals surface area (Å²) in [5.74, 6) is 0.839. The van der Waals surface area contributed by atoms with Crippen LogP contribution in [0, 0.1) is 0 Å². The van der Waals surface area contributed by atoms with Crippen LogP contribution in [-0.4, -0.2) is 58.8 Å². The fourth-order valence-electron chi connectivity index (χ4n) is 3.24. The molecule has 0 bridgehead atoms. The van der Waals surface area contributed by atoms with Gasteiger partial charge in [-0.25, -0.2) is 8.42 Å². The standard InChI is InChI=1S/C20H25ClN4O2S.HI/c1-22-20(23-15-16-7-9-17(10-8-16)28(2,26)27)25-13-11-24(12-14-25)19-6-4-3-5-18(19)21;/h3-10H,11-15H2,1-2H3,(H,22,23);1H. The number of guanidine groups is 1. The second-order valence-corrected chi connectivity index (χ2v) is 9.17. The van der Waals surface area contributed by atoms with E-state index in [0.29, 0.717) is 11.4 Å². The van der Waals surface area contributed by atoms with Crippen LogP contribution in [0.25, 0.3) is 0 Å². The lowest BCUT2D eigenvalue weighted by molar-refractivity contribution is 0.372. The second kappa shape index (κ2) is 10.5. The topological polar surface area (TPSA) is 65.0 Å². The normalized spacial score (nSPS) is 15.1. The van der Waals surface area contributed by atoms with Crippen molar-refractivity contribution in [1.29, 1.82) is 0 Å². The molecule has 0 aromatic heterocycles. The highest BCUT2D eigenvalue weighted by Crippen LogP contribution is 2.26. The summed E-state index contributed by atoms with van der Waals surface area (Å²) >= 11 is 6.31. The molecule has 0 aliphatic carbocycles. The molecule has 2 aromatic rings. The van der Waals surface area contributed by atoms with Crippen LogP contribution >= 0.6 is 35.6 Å². The van der Waals surface area contributed by atoms with Gasteiger partial charge in [0.25, 0.3) is 0 Å². The lowest BCUT2D eigenvalue weighted by Crippen LogP contribution is -2.52.